The minimum absolute atomic E-state index is 0.137. The van der Waals surface area contributed by atoms with Gasteiger partial charge in [0.15, 0.2) is 0 Å². The third-order valence-corrected chi connectivity index (χ3v) is 23.1. The molecule has 39 heavy (non-hydrogen) atoms. The van der Waals surface area contributed by atoms with Gasteiger partial charge in [0, 0.05) is 0 Å². The molecule has 1 aliphatic carbocycles. The summed E-state index contributed by atoms with van der Waals surface area (Å²) in [6.07, 6.45) is 5.62. The molecule has 1 aliphatic heterocycles. The zero-order valence-electron chi connectivity index (χ0n) is 23.3. The maximum atomic E-state index is 7.86. The van der Waals surface area contributed by atoms with Gasteiger partial charge in [0.1, 0.15) is 0 Å². The average molecular weight is 647 g/mol. The molecule has 1 unspecified atom stereocenters. The van der Waals surface area contributed by atoms with Gasteiger partial charge in [-0.2, -0.15) is 0 Å². The SMILES string of the molecule is CCCC1=Cc2c(ccc(CC)c2-c2ccccc2C(C)C)[CH]1[Zr]([Cl])([Cl])[c]1cccc2c1[SiH2]c1ccccc1-2. The number of benzene rings is 4. The normalized spacial score (nSPS) is 16.4. The third-order valence-electron chi connectivity index (χ3n) is 8.72. The summed E-state index contributed by atoms with van der Waals surface area (Å²) in [5.74, 6) is 0.455. The fourth-order valence-corrected chi connectivity index (χ4v) is 23.8. The van der Waals surface area contributed by atoms with Gasteiger partial charge in [0.2, 0.25) is 0 Å². The quantitative estimate of drug-likeness (QED) is 0.157. The van der Waals surface area contributed by atoms with Crippen molar-refractivity contribution in [1.29, 1.82) is 0 Å². The summed E-state index contributed by atoms with van der Waals surface area (Å²) < 4.78 is 1.45. The molecule has 0 radical (unpaired) electrons. The first-order valence-corrected chi connectivity index (χ1v) is 24.8. The number of halogens is 2. The van der Waals surface area contributed by atoms with Crippen LogP contribution in [0.1, 0.15) is 72.3 Å². The van der Waals surface area contributed by atoms with Crippen molar-refractivity contribution < 1.29 is 17.9 Å². The van der Waals surface area contributed by atoms with Crippen LogP contribution < -0.4 is 13.6 Å². The van der Waals surface area contributed by atoms with Crippen molar-refractivity contribution in [1.82, 2.24) is 0 Å². The van der Waals surface area contributed by atoms with Crippen molar-refractivity contribution in [3.63, 3.8) is 0 Å². The number of hydrogen-bond acceptors (Lipinski definition) is 0. The second-order valence-corrected chi connectivity index (χ2v) is 27.2. The van der Waals surface area contributed by atoms with E-state index in [-0.39, 0.29) is 3.63 Å². The maximum absolute atomic E-state index is 7.86. The van der Waals surface area contributed by atoms with Gasteiger partial charge in [-0.15, -0.1) is 0 Å². The molecule has 0 spiro atoms. The fourth-order valence-electron chi connectivity index (χ4n) is 6.96. The molecule has 0 aromatic heterocycles. The number of allylic oxidation sites excluding steroid dienone is 1. The van der Waals surface area contributed by atoms with Crippen LogP contribution in [0.25, 0.3) is 28.3 Å². The second kappa shape index (κ2) is 10.9. The van der Waals surface area contributed by atoms with Crippen LogP contribution >= 0.6 is 17.0 Å². The van der Waals surface area contributed by atoms with E-state index in [1.807, 2.05) is 0 Å². The number of rotatable bonds is 7. The van der Waals surface area contributed by atoms with Gasteiger partial charge < -0.3 is 0 Å². The molecule has 0 nitrogen and oxygen atoms in total. The molecule has 0 bridgehead atoms. The van der Waals surface area contributed by atoms with Crippen molar-refractivity contribution >= 4 is 46.3 Å². The Morgan fingerprint density at radius 1 is 0.821 bits per heavy atom. The Morgan fingerprint density at radius 3 is 2.28 bits per heavy atom. The molecule has 4 aromatic rings. The van der Waals surface area contributed by atoms with Crippen molar-refractivity contribution in [3.8, 4) is 22.3 Å². The Morgan fingerprint density at radius 2 is 1.54 bits per heavy atom. The van der Waals surface area contributed by atoms with E-state index in [0.717, 1.165) is 19.3 Å². The number of fused-ring (bicyclic) bond motifs is 4. The zero-order valence-corrected chi connectivity index (χ0v) is 28.7. The molecule has 1 atom stereocenters. The average Bonchev–Trinajstić information content (AvgIpc) is 3.51. The molecule has 1 heterocycles. The Labute approximate surface area is 247 Å². The molecule has 0 saturated heterocycles. The van der Waals surface area contributed by atoms with E-state index in [1.165, 1.54) is 63.7 Å². The molecule has 0 saturated carbocycles. The first-order valence-electron chi connectivity index (χ1n) is 14.4. The van der Waals surface area contributed by atoms with E-state index in [4.69, 9.17) is 17.0 Å². The summed E-state index contributed by atoms with van der Waals surface area (Å²) >= 11 is -3.95. The second-order valence-electron chi connectivity index (χ2n) is 11.4. The number of aryl methyl sites for hydroxylation is 1. The van der Waals surface area contributed by atoms with E-state index in [0.29, 0.717) is 5.92 Å². The van der Waals surface area contributed by atoms with Crippen molar-refractivity contribution in [2.45, 2.75) is 56.5 Å². The van der Waals surface area contributed by atoms with E-state index in [9.17, 15) is 0 Å². The van der Waals surface area contributed by atoms with Crippen molar-refractivity contribution in [3.05, 3.63) is 107 Å². The molecular weight excluding hydrogens is 611 g/mol. The van der Waals surface area contributed by atoms with E-state index in [1.54, 1.807) is 0 Å². The standard InChI is InChI=1S/C23H27.C12H9Si.2ClH.Zr/c1-5-9-17-14-19-13-12-18(6-2)23(22(19)15-17)21-11-8-7-10-20(21)16(3)4;1-3-7-11-9(5-1)10-6-2-4-8-12(10)13-11;;;/h7-8,10-16H,5-6,9H2,1-4H3;1-7H,13H2;2*1H;/q;;;;+2/p-2. The monoisotopic (exact) mass is 644 g/mol. The molecule has 4 aromatic carbocycles. The fraction of sp³-hybridized carbons (Fsp3) is 0.257. The molecule has 0 N–H and O–H groups in total. The van der Waals surface area contributed by atoms with Gasteiger partial charge in [-0.25, -0.2) is 0 Å². The molecule has 198 valence electrons. The van der Waals surface area contributed by atoms with Gasteiger partial charge in [-0.1, -0.05) is 0 Å². The van der Waals surface area contributed by atoms with Crippen LogP contribution in [0.5, 0.6) is 0 Å². The summed E-state index contributed by atoms with van der Waals surface area (Å²) in [6, 6.07) is 29.4. The first kappa shape index (κ1) is 27.5. The molecule has 0 fully saturated rings. The molecule has 6 rings (SSSR count). The Bertz CT molecular complexity index is 1600. The molecular formula is C35H36Cl2SiZr. The van der Waals surface area contributed by atoms with Crippen LogP contribution in [0.4, 0.5) is 0 Å². The van der Waals surface area contributed by atoms with Crippen molar-refractivity contribution in [2.75, 3.05) is 0 Å². The van der Waals surface area contributed by atoms with Crippen LogP contribution in [0.15, 0.2) is 84.4 Å². The van der Waals surface area contributed by atoms with Crippen LogP contribution in [0.2, 0.25) is 0 Å². The summed E-state index contributed by atoms with van der Waals surface area (Å²) in [7, 11) is 15.1. The van der Waals surface area contributed by atoms with Gasteiger partial charge in [0.25, 0.3) is 0 Å². The Kier molecular flexibility index (Phi) is 7.71. The predicted molar refractivity (Wildman–Crippen MR) is 172 cm³/mol. The van der Waals surface area contributed by atoms with Crippen LogP contribution in [-0.4, -0.2) is 9.52 Å². The summed E-state index contributed by atoms with van der Waals surface area (Å²) in [6.45, 7) is 9.14. The van der Waals surface area contributed by atoms with Crippen LogP contribution in [0.3, 0.4) is 0 Å². The van der Waals surface area contributed by atoms with E-state index < -0.39 is 27.4 Å². The van der Waals surface area contributed by atoms with E-state index in [2.05, 4.69) is 113 Å². The first-order chi connectivity index (χ1) is 18.9. The molecule has 0 amide bonds. The number of hydrogen-bond donors (Lipinski definition) is 0. The third kappa shape index (κ3) is 4.61. The van der Waals surface area contributed by atoms with Gasteiger partial charge in [-0.05, 0) is 0 Å². The van der Waals surface area contributed by atoms with Crippen LogP contribution in [-0.2, 0) is 24.3 Å². The minimum atomic E-state index is -3.95. The summed E-state index contributed by atoms with van der Waals surface area (Å²) in [5.41, 5.74) is 12.5. The Balaban J connectivity index is 1.55. The van der Waals surface area contributed by atoms with Gasteiger partial charge in [-0.3, -0.25) is 0 Å². The van der Waals surface area contributed by atoms with Gasteiger partial charge in [0.05, 0.1) is 0 Å². The van der Waals surface area contributed by atoms with Crippen molar-refractivity contribution in [2.24, 2.45) is 0 Å². The topological polar surface area (TPSA) is 0 Å². The Hall–Kier alpha value is -1.70. The summed E-state index contributed by atoms with van der Waals surface area (Å²) in [5, 5.41) is 3.02. The van der Waals surface area contributed by atoms with Crippen LogP contribution in [0, 0.1) is 0 Å². The predicted octanol–water partition coefficient (Wildman–Crippen LogP) is 8.16. The van der Waals surface area contributed by atoms with E-state index >= 15 is 0 Å². The molecule has 4 heteroatoms. The zero-order chi connectivity index (χ0) is 27.3. The molecule has 2 aliphatic rings. The van der Waals surface area contributed by atoms with Gasteiger partial charge >= 0.3 is 250 Å². The summed E-state index contributed by atoms with van der Waals surface area (Å²) in [4.78, 5) is 0.